The molecule has 2 atom stereocenters. The van der Waals surface area contributed by atoms with Gasteiger partial charge in [-0.3, -0.25) is 9.59 Å². The van der Waals surface area contributed by atoms with E-state index < -0.39 is 23.1 Å². The average Bonchev–Trinajstić information content (AvgIpc) is 2.87. The molecule has 0 aromatic heterocycles. The number of carbonyl (C=O) groups is 2. The molecule has 2 rings (SSSR count). The van der Waals surface area contributed by atoms with Gasteiger partial charge in [0.2, 0.25) is 11.8 Å². The molecule has 132 valence electrons. The zero-order chi connectivity index (χ0) is 17.9. The van der Waals surface area contributed by atoms with Crippen LogP contribution in [0, 0.1) is 11.6 Å². The maximum atomic E-state index is 14.1. The van der Waals surface area contributed by atoms with Crippen LogP contribution in [0.5, 0.6) is 0 Å². The first-order valence-corrected chi connectivity index (χ1v) is 8.80. The maximum Gasteiger partial charge on any atom is 0.242 e. The summed E-state index contributed by atoms with van der Waals surface area (Å²) in [5.74, 6) is -1.72. The van der Waals surface area contributed by atoms with Gasteiger partial charge in [0.1, 0.15) is 23.1 Å². The summed E-state index contributed by atoms with van der Waals surface area (Å²) < 4.78 is 27.2. The molecule has 24 heavy (non-hydrogen) atoms. The third kappa shape index (κ3) is 4.24. The van der Waals surface area contributed by atoms with E-state index in [1.807, 2.05) is 14.1 Å². The molecule has 1 heterocycles. The van der Waals surface area contributed by atoms with Crippen LogP contribution in [0.25, 0.3) is 0 Å². The summed E-state index contributed by atoms with van der Waals surface area (Å²) >= 11 is 1.24. The van der Waals surface area contributed by atoms with E-state index in [9.17, 15) is 18.4 Å². The minimum Gasteiger partial charge on any atom is -0.349 e. The monoisotopic (exact) mass is 358 g/mol. The van der Waals surface area contributed by atoms with Gasteiger partial charge in [0.05, 0.1) is 32.9 Å². The predicted molar refractivity (Wildman–Crippen MR) is 88.6 cm³/mol. The fraction of sp³-hybridized carbons (Fsp3) is 0.500. The molecular weight excluding hydrogens is 336 g/mol. The largest absolute Gasteiger partial charge is 0.349 e. The number of halogens is 2. The number of hydrogen-bond acceptors (Lipinski definition) is 3. The molecule has 0 saturated carbocycles. The van der Waals surface area contributed by atoms with Crippen molar-refractivity contribution in [3.63, 3.8) is 0 Å². The van der Waals surface area contributed by atoms with E-state index in [-0.39, 0.29) is 23.1 Å². The lowest BCUT2D eigenvalue weighted by Crippen LogP contribution is -3.06. The zero-order valence-corrected chi connectivity index (χ0v) is 14.8. The van der Waals surface area contributed by atoms with Crippen LogP contribution in [0.15, 0.2) is 18.2 Å². The third-order valence-electron chi connectivity index (χ3n) is 3.85. The highest BCUT2D eigenvalue weighted by Gasteiger charge is 2.39. The van der Waals surface area contributed by atoms with Gasteiger partial charge in [-0.05, 0) is 13.0 Å². The zero-order valence-electron chi connectivity index (χ0n) is 13.9. The Kier molecular flexibility index (Phi) is 6.17. The van der Waals surface area contributed by atoms with Gasteiger partial charge < -0.3 is 15.1 Å². The van der Waals surface area contributed by atoms with E-state index in [0.29, 0.717) is 6.54 Å². The number of thioether (sulfide) groups is 1. The van der Waals surface area contributed by atoms with E-state index in [2.05, 4.69) is 5.32 Å². The normalized spacial score (nSPS) is 19.0. The van der Waals surface area contributed by atoms with Gasteiger partial charge in [0.15, 0.2) is 0 Å². The molecule has 1 aromatic rings. The van der Waals surface area contributed by atoms with Crippen LogP contribution in [0.1, 0.15) is 17.9 Å². The summed E-state index contributed by atoms with van der Waals surface area (Å²) in [4.78, 5) is 27.1. The molecule has 1 fully saturated rings. The lowest BCUT2D eigenvalue weighted by Gasteiger charge is -2.29. The second kappa shape index (κ2) is 7.94. The molecule has 0 bridgehead atoms. The number of hydrogen-bond donors (Lipinski definition) is 2. The summed E-state index contributed by atoms with van der Waals surface area (Å²) in [6.07, 6.45) is 0. The molecule has 0 spiro atoms. The average molecular weight is 358 g/mol. The fourth-order valence-electron chi connectivity index (χ4n) is 2.51. The van der Waals surface area contributed by atoms with E-state index in [1.165, 1.54) is 27.6 Å². The Labute approximate surface area is 144 Å². The molecule has 1 aliphatic rings. The Morgan fingerprint density at radius 3 is 2.79 bits per heavy atom. The van der Waals surface area contributed by atoms with Crippen LogP contribution in [0.2, 0.25) is 0 Å². The number of carbonyl (C=O) groups excluding carboxylic acids is 2. The van der Waals surface area contributed by atoms with Crippen LogP contribution in [0.3, 0.4) is 0 Å². The highest BCUT2D eigenvalue weighted by atomic mass is 32.2. The van der Waals surface area contributed by atoms with Crippen molar-refractivity contribution in [3.05, 3.63) is 35.4 Å². The van der Waals surface area contributed by atoms with E-state index in [4.69, 9.17) is 0 Å². The van der Waals surface area contributed by atoms with Gasteiger partial charge >= 0.3 is 0 Å². The van der Waals surface area contributed by atoms with Crippen molar-refractivity contribution in [3.8, 4) is 0 Å². The topological polar surface area (TPSA) is 53.9 Å². The molecule has 1 aromatic carbocycles. The SMILES string of the molecule is C[C@H](C(=O)NCC[NH+](C)C)N1C(=O)CS[C@H]1c1ccc(F)cc1F. The number of likely N-dealkylation sites (N-methyl/N-ethyl adjacent to an activating group) is 1. The Balaban J connectivity index is 2.13. The Morgan fingerprint density at radius 1 is 1.46 bits per heavy atom. The first-order valence-electron chi connectivity index (χ1n) is 7.75. The number of rotatable bonds is 6. The van der Waals surface area contributed by atoms with Gasteiger partial charge in [-0.25, -0.2) is 8.78 Å². The molecule has 0 aliphatic carbocycles. The number of quaternary nitrogens is 1. The Bertz CT molecular complexity index is 627. The lowest BCUT2D eigenvalue weighted by molar-refractivity contribution is -0.856. The van der Waals surface area contributed by atoms with Crippen molar-refractivity contribution in [1.82, 2.24) is 10.2 Å². The van der Waals surface area contributed by atoms with Crippen LogP contribution < -0.4 is 10.2 Å². The van der Waals surface area contributed by atoms with Crippen molar-refractivity contribution < 1.29 is 23.3 Å². The number of nitrogens with one attached hydrogen (secondary N) is 2. The molecule has 5 nitrogen and oxygen atoms in total. The maximum absolute atomic E-state index is 14.1. The van der Waals surface area contributed by atoms with E-state index in [1.54, 1.807) is 6.92 Å². The fourth-order valence-corrected chi connectivity index (χ4v) is 3.79. The molecule has 2 N–H and O–H groups in total. The summed E-state index contributed by atoms with van der Waals surface area (Å²) in [6, 6.07) is 2.55. The second-order valence-corrected chi connectivity index (χ2v) is 7.12. The molecule has 1 aliphatic heterocycles. The minimum absolute atomic E-state index is 0.168. The first kappa shape index (κ1) is 18.7. The van der Waals surface area contributed by atoms with Crippen LogP contribution >= 0.6 is 11.8 Å². The van der Waals surface area contributed by atoms with Crippen molar-refractivity contribution in [2.45, 2.75) is 18.3 Å². The Hall–Kier alpha value is -1.67. The van der Waals surface area contributed by atoms with Crippen LogP contribution in [-0.2, 0) is 9.59 Å². The highest BCUT2D eigenvalue weighted by molar-refractivity contribution is 8.00. The van der Waals surface area contributed by atoms with Gasteiger partial charge in [-0.1, -0.05) is 6.07 Å². The standard InChI is InChI=1S/C16H21F2N3O2S/c1-10(15(23)19-6-7-20(2)3)21-14(22)9-24-16(21)12-5-4-11(17)8-13(12)18/h4-5,8,10,16H,6-7,9H2,1-3H3,(H,19,23)/p+1/t10-,16+/m1/s1. The molecule has 0 radical (unpaired) electrons. The molecule has 8 heteroatoms. The second-order valence-electron chi connectivity index (χ2n) is 6.05. The summed E-state index contributed by atoms with van der Waals surface area (Å²) in [7, 11) is 3.95. The Morgan fingerprint density at radius 2 is 2.17 bits per heavy atom. The van der Waals surface area contributed by atoms with E-state index in [0.717, 1.165) is 18.7 Å². The highest BCUT2D eigenvalue weighted by Crippen LogP contribution is 2.41. The smallest absolute Gasteiger partial charge is 0.242 e. The van der Waals surface area contributed by atoms with Crippen LogP contribution in [-0.4, -0.2) is 55.7 Å². The quantitative estimate of drug-likeness (QED) is 0.763. The number of nitrogens with zero attached hydrogens (tertiary/aromatic N) is 1. The lowest BCUT2D eigenvalue weighted by atomic mass is 10.1. The van der Waals surface area contributed by atoms with Gasteiger partial charge in [0, 0.05) is 11.6 Å². The summed E-state index contributed by atoms with van der Waals surface area (Å²) in [6.45, 7) is 2.88. The number of benzene rings is 1. The van der Waals surface area contributed by atoms with Gasteiger partial charge in [-0.2, -0.15) is 0 Å². The summed E-state index contributed by atoms with van der Waals surface area (Å²) in [5, 5.41) is 2.16. The molecular formula is C16H22F2N3O2S+. The van der Waals surface area contributed by atoms with Crippen molar-refractivity contribution in [2.24, 2.45) is 0 Å². The van der Waals surface area contributed by atoms with E-state index >= 15 is 0 Å². The van der Waals surface area contributed by atoms with Crippen molar-refractivity contribution >= 4 is 23.6 Å². The summed E-state index contributed by atoms with van der Waals surface area (Å²) in [5.41, 5.74) is 0.213. The predicted octanol–water partition coefficient (Wildman–Crippen LogP) is 0.188. The minimum atomic E-state index is -0.723. The van der Waals surface area contributed by atoms with Gasteiger partial charge in [0.25, 0.3) is 0 Å². The molecule has 2 amide bonds. The third-order valence-corrected chi connectivity index (χ3v) is 5.07. The molecule has 0 unspecified atom stereocenters. The first-order chi connectivity index (χ1) is 11.3. The van der Waals surface area contributed by atoms with Crippen LogP contribution in [0.4, 0.5) is 8.78 Å². The van der Waals surface area contributed by atoms with Crippen molar-refractivity contribution in [1.29, 1.82) is 0 Å². The van der Waals surface area contributed by atoms with Gasteiger partial charge in [-0.15, -0.1) is 11.8 Å². The van der Waals surface area contributed by atoms with Crippen molar-refractivity contribution in [2.75, 3.05) is 32.9 Å². The number of amides is 2. The molecule has 1 saturated heterocycles.